The van der Waals surface area contributed by atoms with Crippen LogP contribution in [0.25, 0.3) is 11.3 Å². The zero-order valence-electron chi connectivity index (χ0n) is 18.3. The van der Waals surface area contributed by atoms with Crippen LogP contribution in [0.2, 0.25) is 0 Å². The lowest BCUT2D eigenvalue weighted by molar-refractivity contribution is 0.355. The van der Waals surface area contributed by atoms with Crippen molar-refractivity contribution in [2.45, 2.75) is 33.7 Å². The first-order chi connectivity index (χ1) is 15.0. The molecule has 0 amide bonds. The Hall–Kier alpha value is -2.93. The van der Waals surface area contributed by atoms with Gasteiger partial charge in [-0.1, -0.05) is 44.2 Å². The summed E-state index contributed by atoms with van der Waals surface area (Å²) in [5, 5.41) is 6.77. The predicted molar refractivity (Wildman–Crippen MR) is 129 cm³/mol. The van der Waals surface area contributed by atoms with Crippen LogP contribution in [0.5, 0.6) is 0 Å². The van der Waals surface area contributed by atoms with E-state index >= 15 is 0 Å². The minimum Gasteiger partial charge on any atom is -0.459 e. The molecule has 3 heterocycles. The molecule has 2 unspecified atom stereocenters. The molecule has 2 N–H and O–H groups in total. The van der Waals surface area contributed by atoms with Crippen LogP contribution < -0.4 is 15.5 Å². The SMILES string of the molecule is Cc1cc(N2CC(C)CC(C)C2)nc(NC(=S)NCc2ccc(-c3ccccc3)o2)n1. The lowest BCUT2D eigenvalue weighted by atomic mass is 9.92. The molecule has 0 spiro atoms. The van der Waals surface area contributed by atoms with E-state index in [4.69, 9.17) is 21.6 Å². The topological polar surface area (TPSA) is 66.2 Å². The van der Waals surface area contributed by atoms with E-state index in [0.29, 0.717) is 29.4 Å². The summed E-state index contributed by atoms with van der Waals surface area (Å²) in [6.07, 6.45) is 1.26. The van der Waals surface area contributed by atoms with Gasteiger partial charge in [-0.05, 0) is 49.5 Å². The average Bonchev–Trinajstić information content (AvgIpc) is 3.21. The van der Waals surface area contributed by atoms with Gasteiger partial charge in [-0.25, -0.2) is 4.98 Å². The minimum atomic E-state index is 0.467. The molecule has 1 aliphatic heterocycles. The zero-order valence-corrected chi connectivity index (χ0v) is 19.1. The van der Waals surface area contributed by atoms with Crippen molar-refractivity contribution >= 4 is 29.1 Å². The maximum Gasteiger partial charge on any atom is 0.231 e. The molecule has 31 heavy (non-hydrogen) atoms. The van der Waals surface area contributed by atoms with Gasteiger partial charge in [-0.15, -0.1) is 0 Å². The molecule has 6 nitrogen and oxygen atoms in total. The normalized spacial score (nSPS) is 18.6. The van der Waals surface area contributed by atoms with E-state index in [0.717, 1.165) is 41.7 Å². The molecule has 1 aromatic carbocycles. The molecule has 7 heteroatoms. The third kappa shape index (κ3) is 5.61. The standard InChI is InChI=1S/C24H29N5OS/c1-16-11-17(2)15-29(14-16)22-12-18(3)26-23(27-22)28-24(31)25-13-20-9-10-21(30-20)19-7-5-4-6-8-19/h4-10,12,16-17H,11,13-15H2,1-3H3,(H2,25,26,27,28,31). The number of anilines is 2. The number of hydrogen-bond acceptors (Lipinski definition) is 5. The number of hydrogen-bond donors (Lipinski definition) is 2. The maximum atomic E-state index is 5.92. The predicted octanol–water partition coefficient (Wildman–Crippen LogP) is 5.01. The summed E-state index contributed by atoms with van der Waals surface area (Å²) in [7, 11) is 0. The second-order valence-electron chi connectivity index (χ2n) is 8.48. The largest absolute Gasteiger partial charge is 0.459 e. The van der Waals surface area contributed by atoms with Crippen molar-refractivity contribution in [1.29, 1.82) is 0 Å². The summed E-state index contributed by atoms with van der Waals surface area (Å²) >= 11 is 5.46. The third-order valence-electron chi connectivity index (χ3n) is 5.40. The first-order valence-electron chi connectivity index (χ1n) is 10.8. The molecular formula is C24H29N5OS. The summed E-state index contributed by atoms with van der Waals surface area (Å²) in [5.74, 6) is 4.44. The molecule has 1 aliphatic rings. The number of furan rings is 1. The van der Waals surface area contributed by atoms with Gasteiger partial charge in [0.1, 0.15) is 17.3 Å². The quantitative estimate of drug-likeness (QED) is 0.546. The molecule has 162 valence electrons. The molecule has 2 aromatic heterocycles. The average molecular weight is 436 g/mol. The first-order valence-corrected chi connectivity index (χ1v) is 11.2. The second kappa shape index (κ2) is 9.47. The van der Waals surface area contributed by atoms with Gasteiger partial charge in [0.25, 0.3) is 0 Å². The molecular weight excluding hydrogens is 406 g/mol. The first kappa shape index (κ1) is 21.3. The number of nitrogens with zero attached hydrogens (tertiary/aromatic N) is 3. The fourth-order valence-electron chi connectivity index (χ4n) is 4.16. The van der Waals surface area contributed by atoms with Crippen LogP contribution in [0.15, 0.2) is 52.9 Å². The molecule has 3 aromatic rings. The van der Waals surface area contributed by atoms with Crippen LogP contribution in [0.1, 0.15) is 31.7 Å². The smallest absolute Gasteiger partial charge is 0.231 e. The highest BCUT2D eigenvalue weighted by atomic mass is 32.1. The summed E-state index contributed by atoms with van der Waals surface area (Å²) in [6.45, 7) is 9.10. The van der Waals surface area contributed by atoms with Gasteiger partial charge in [0.05, 0.1) is 6.54 Å². The summed E-state index contributed by atoms with van der Waals surface area (Å²) in [5.41, 5.74) is 1.97. The Labute approximate surface area is 189 Å². The third-order valence-corrected chi connectivity index (χ3v) is 5.65. The molecule has 0 radical (unpaired) electrons. The lowest BCUT2D eigenvalue weighted by Gasteiger charge is -2.36. The van der Waals surface area contributed by atoms with Gasteiger partial charge in [0, 0.05) is 30.4 Å². The number of thiocarbonyl (C=S) groups is 1. The van der Waals surface area contributed by atoms with Crippen molar-refractivity contribution in [3.63, 3.8) is 0 Å². The van der Waals surface area contributed by atoms with Crippen molar-refractivity contribution in [1.82, 2.24) is 15.3 Å². The maximum absolute atomic E-state index is 5.92. The van der Waals surface area contributed by atoms with E-state index in [9.17, 15) is 0 Å². The Balaban J connectivity index is 1.36. The van der Waals surface area contributed by atoms with Crippen LogP contribution in [0.3, 0.4) is 0 Å². The van der Waals surface area contributed by atoms with Crippen molar-refractivity contribution in [2.75, 3.05) is 23.3 Å². The van der Waals surface area contributed by atoms with E-state index in [1.807, 2.05) is 55.5 Å². The van der Waals surface area contributed by atoms with E-state index in [1.165, 1.54) is 6.42 Å². The monoisotopic (exact) mass is 435 g/mol. The molecule has 0 saturated carbocycles. The van der Waals surface area contributed by atoms with E-state index < -0.39 is 0 Å². The van der Waals surface area contributed by atoms with Crippen molar-refractivity contribution in [2.24, 2.45) is 11.8 Å². The molecule has 0 bridgehead atoms. The van der Waals surface area contributed by atoms with E-state index in [2.05, 4.69) is 34.4 Å². The number of piperidine rings is 1. The lowest BCUT2D eigenvalue weighted by Crippen LogP contribution is -2.39. The fourth-order valence-corrected chi connectivity index (χ4v) is 4.33. The van der Waals surface area contributed by atoms with Crippen LogP contribution in [-0.4, -0.2) is 28.2 Å². The summed E-state index contributed by atoms with van der Waals surface area (Å²) < 4.78 is 5.92. The highest BCUT2D eigenvalue weighted by molar-refractivity contribution is 7.80. The number of nitrogens with one attached hydrogen (secondary N) is 2. The Bertz CT molecular complexity index is 1030. The van der Waals surface area contributed by atoms with Gasteiger partial charge in [-0.3, -0.25) is 0 Å². The van der Waals surface area contributed by atoms with Crippen molar-refractivity contribution in [3.8, 4) is 11.3 Å². The van der Waals surface area contributed by atoms with E-state index in [1.54, 1.807) is 0 Å². The molecule has 0 aliphatic carbocycles. The summed E-state index contributed by atoms with van der Waals surface area (Å²) in [4.78, 5) is 11.6. The van der Waals surface area contributed by atoms with Gasteiger partial charge >= 0.3 is 0 Å². The van der Waals surface area contributed by atoms with Gasteiger partial charge in [-0.2, -0.15) is 4.98 Å². The van der Waals surface area contributed by atoms with Crippen molar-refractivity contribution < 1.29 is 4.42 Å². The van der Waals surface area contributed by atoms with Crippen LogP contribution in [0, 0.1) is 18.8 Å². The zero-order chi connectivity index (χ0) is 21.8. The van der Waals surface area contributed by atoms with Gasteiger partial charge in [0.2, 0.25) is 5.95 Å². The number of benzene rings is 1. The van der Waals surface area contributed by atoms with Crippen LogP contribution in [-0.2, 0) is 6.54 Å². The Morgan fingerprint density at radius 1 is 1.10 bits per heavy atom. The molecule has 1 saturated heterocycles. The number of aryl methyl sites for hydroxylation is 1. The molecule has 4 rings (SSSR count). The van der Waals surface area contributed by atoms with Gasteiger partial charge < -0.3 is 20.0 Å². The Morgan fingerprint density at radius 3 is 2.58 bits per heavy atom. The Morgan fingerprint density at radius 2 is 1.84 bits per heavy atom. The van der Waals surface area contributed by atoms with Crippen LogP contribution >= 0.6 is 12.2 Å². The van der Waals surface area contributed by atoms with Crippen molar-refractivity contribution in [3.05, 3.63) is 60.0 Å². The number of aromatic nitrogens is 2. The number of rotatable bonds is 5. The summed E-state index contributed by atoms with van der Waals surface area (Å²) in [6, 6.07) is 16.0. The highest BCUT2D eigenvalue weighted by Crippen LogP contribution is 2.26. The fraction of sp³-hybridized carbons (Fsp3) is 0.375. The van der Waals surface area contributed by atoms with Crippen LogP contribution in [0.4, 0.5) is 11.8 Å². The Kier molecular flexibility index (Phi) is 6.51. The van der Waals surface area contributed by atoms with Gasteiger partial charge in [0.15, 0.2) is 5.11 Å². The highest BCUT2D eigenvalue weighted by Gasteiger charge is 2.23. The minimum absolute atomic E-state index is 0.467. The second-order valence-corrected chi connectivity index (χ2v) is 8.89. The molecule has 1 fully saturated rings. The van der Waals surface area contributed by atoms with E-state index in [-0.39, 0.29) is 0 Å². The molecule has 2 atom stereocenters.